The Morgan fingerprint density at radius 3 is 2.30 bits per heavy atom. The van der Waals surface area contributed by atoms with Gasteiger partial charge in [-0.25, -0.2) is 13.1 Å². The van der Waals surface area contributed by atoms with Crippen molar-refractivity contribution < 1.29 is 8.42 Å². The lowest BCUT2D eigenvalue weighted by Gasteiger charge is -2.28. The Morgan fingerprint density at radius 2 is 1.80 bits per heavy atom. The quantitative estimate of drug-likeness (QED) is 0.813. The predicted octanol–water partition coefficient (Wildman–Crippen LogP) is 2.57. The van der Waals surface area contributed by atoms with Crippen LogP contribution in [0.5, 0.6) is 0 Å². The van der Waals surface area contributed by atoms with Crippen LogP contribution >= 0.6 is 0 Å². The maximum atomic E-state index is 12.5. The second-order valence-electron chi connectivity index (χ2n) is 5.49. The van der Waals surface area contributed by atoms with E-state index >= 15 is 0 Å². The van der Waals surface area contributed by atoms with Gasteiger partial charge >= 0.3 is 0 Å². The molecular weight excluding hydrogens is 272 g/mol. The van der Waals surface area contributed by atoms with Crippen LogP contribution in [0.2, 0.25) is 0 Å². The molecule has 0 amide bonds. The topological polar surface area (TPSA) is 58.2 Å². The van der Waals surface area contributed by atoms with Gasteiger partial charge in [-0.1, -0.05) is 19.9 Å². The SMILES string of the molecule is CCC(C)(CC)NS(=O)(=O)c1ccc(C)c(CNC)c1. The lowest BCUT2D eigenvalue weighted by atomic mass is 9.98. The number of hydrogen-bond donors (Lipinski definition) is 2. The van der Waals surface area contributed by atoms with E-state index in [1.165, 1.54) is 0 Å². The van der Waals surface area contributed by atoms with Gasteiger partial charge in [0.2, 0.25) is 10.0 Å². The Balaban J connectivity index is 3.13. The normalized spacial score (nSPS) is 12.7. The summed E-state index contributed by atoms with van der Waals surface area (Å²) in [6.45, 7) is 8.57. The van der Waals surface area contributed by atoms with Gasteiger partial charge in [-0.3, -0.25) is 0 Å². The minimum atomic E-state index is -3.48. The average molecular weight is 298 g/mol. The molecule has 5 heteroatoms. The summed E-state index contributed by atoms with van der Waals surface area (Å²) in [5, 5.41) is 3.06. The van der Waals surface area contributed by atoms with E-state index in [1.54, 1.807) is 12.1 Å². The highest BCUT2D eigenvalue weighted by atomic mass is 32.2. The van der Waals surface area contributed by atoms with Crippen LogP contribution in [0.1, 0.15) is 44.7 Å². The number of nitrogens with one attached hydrogen (secondary N) is 2. The third kappa shape index (κ3) is 4.04. The Hall–Kier alpha value is -0.910. The summed E-state index contributed by atoms with van der Waals surface area (Å²) in [5.41, 5.74) is 1.70. The van der Waals surface area contributed by atoms with Crippen molar-refractivity contribution in [1.82, 2.24) is 10.0 Å². The average Bonchev–Trinajstić information content (AvgIpc) is 2.40. The molecule has 0 spiro atoms. The van der Waals surface area contributed by atoms with Gasteiger partial charge in [-0.2, -0.15) is 0 Å². The number of sulfonamides is 1. The van der Waals surface area contributed by atoms with Crippen molar-refractivity contribution >= 4 is 10.0 Å². The van der Waals surface area contributed by atoms with Gasteiger partial charge < -0.3 is 5.32 Å². The van der Waals surface area contributed by atoms with Crippen LogP contribution in [0.15, 0.2) is 23.1 Å². The molecule has 1 aromatic carbocycles. The van der Waals surface area contributed by atoms with Crippen molar-refractivity contribution in [2.75, 3.05) is 7.05 Å². The van der Waals surface area contributed by atoms with Crippen LogP contribution in [0, 0.1) is 6.92 Å². The second kappa shape index (κ2) is 6.70. The zero-order valence-corrected chi connectivity index (χ0v) is 13.9. The molecule has 4 nitrogen and oxygen atoms in total. The van der Waals surface area contributed by atoms with Gasteiger partial charge in [0.1, 0.15) is 0 Å². The van der Waals surface area contributed by atoms with Crippen molar-refractivity contribution in [2.24, 2.45) is 0 Å². The molecule has 0 aromatic heterocycles. The molecule has 0 saturated heterocycles. The number of rotatable bonds is 7. The fraction of sp³-hybridized carbons (Fsp3) is 0.600. The molecule has 0 unspecified atom stereocenters. The lowest BCUT2D eigenvalue weighted by molar-refractivity contribution is 0.388. The van der Waals surface area contributed by atoms with Crippen molar-refractivity contribution in [3.63, 3.8) is 0 Å². The van der Waals surface area contributed by atoms with Crippen LogP contribution in [-0.4, -0.2) is 21.0 Å². The fourth-order valence-corrected chi connectivity index (χ4v) is 3.57. The predicted molar refractivity (Wildman–Crippen MR) is 83.3 cm³/mol. The number of benzene rings is 1. The van der Waals surface area contributed by atoms with E-state index in [2.05, 4.69) is 10.0 Å². The van der Waals surface area contributed by atoms with Crippen molar-refractivity contribution in [3.05, 3.63) is 29.3 Å². The molecule has 0 fully saturated rings. The Labute approximate surface area is 123 Å². The third-order valence-electron chi connectivity index (χ3n) is 3.94. The molecule has 0 radical (unpaired) electrons. The van der Waals surface area contributed by atoms with Crippen LogP contribution in [0.4, 0.5) is 0 Å². The highest BCUT2D eigenvalue weighted by Crippen LogP contribution is 2.21. The monoisotopic (exact) mass is 298 g/mol. The Kier molecular flexibility index (Phi) is 5.74. The van der Waals surface area contributed by atoms with E-state index in [0.717, 1.165) is 24.0 Å². The molecule has 0 atom stereocenters. The molecule has 1 aromatic rings. The maximum absolute atomic E-state index is 12.5. The molecule has 0 saturated carbocycles. The van der Waals surface area contributed by atoms with Crippen LogP contribution < -0.4 is 10.0 Å². The van der Waals surface area contributed by atoms with Gasteiger partial charge in [0.15, 0.2) is 0 Å². The van der Waals surface area contributed by atoms with E-state index in [-0.39, 0.29) is 0 Å². The smallest absolute Gasteiger partial charge is 0.241 e. The summed E-state index contributed by atoms with van der Waals surface area (Å²) < 4.78 is 27.8. The first kappa shape index (κ1) is 17.1. The molecule has 0 aliphatic heterocycles. The highest BCUT2D eigenvalue weighted by Gasteiger charge is 2.27. The van der Waals surface area contributed by atoms with Gasteiger partial charge in [-0.15, -0.1) is 0 Å². The maximum Gasteiger partial charge on any atom is 0.241 e. The molecule has 20 heavy (non-hydrogen) atoms. The summed E-state index contributed by atoms with van der Waals surface area (Å²) in [5.74, 6) is 0. The lowest BCUT2D eigenvalue weighted by Crippen LogP contribution is -2.44. The van der Waals surface area contributed by atoms with Gasteiger partial charge in [-0.05, 0) is 57.0 Å². The molecular formula is C15H26N2O2S. The standard InChI is InChI=1S/C15H26N2O2S/c1-6-15(4,7-2)17-20(18,19)14-9-8-12(3)13(10-14)11-16-5/h8-10,16-17H,6-7,11H2,1-5H3. The van der Waals surface area contributed by atoms with E-state index in [4.69, 9.17) is 0 Å². The van der Waals surface area contributed by atoms with Gasteiger partial charge in [0, 0.05) is 12.1 Å². The molecule has 114 valence electrons. The van der Waals surface area contributed by atoms with Crippen molar-refractivity contribution in [3.8, 4) is 0 Å². The molecule has 1 rings (SSSR count). The molecule has 0 heterocycles. The summed E-state index contributed by atoms with van der Waals surface area (Å²) in [7, 11) is -1.63. The molecule has 0 aliphatic rings. The molecule has 2 N–H and O–H groups in total. The molecule has 0 bridgehead atoms. The largest absolute Gasteiger partial charge is 0.316 e. The van der Waals surface area contributed by atoms with Gasteiger partial charge in [0.05, 0.1) is 4.90 Å². The van der Waals surface area contributed by atoms with Crippen molar-refractivity contribution in [1.29, 1.82) is 0 Å². The number of hydrogen-bond acceptors (Lipinski definition) is 3. The second-order valence-corrected chi connectivity index (χ2v) is 7.17. The number of aryl methyl sites for hydroxylation is 1. The van der Waals surface area contributed by atoms with Crippen LogP contribution in [0.3, 0.4) is 0 Å². The Morgan fingerprint density at radius 1 is 1.20 bits per heavy atom. The first-order valence-electron chi connectivity index (χ1n) is 7.06. The minimum Gasteiger partial charge on any atom is -0.316 e. The van der Waals surface area contributed by atoms with E-state index < -0.39 is 15.6 Å². The van der Waals surface area contributed by atoms with Crippen LogP contribution in [0.25, 0.3) is 0 Å². The third-order valence-corrected chi connectivity index (χ3v) is 5.58. The first-order valence-corrected chi connectivity index (χ1v) is 8.54. The Bertz CT molecular complexity index is 549. The van der Waals surface area contributed by atoms with E-state index in [1.807, 2.05) is 40.8 Å². The zero-order valence-electron chi connectivity index (χ0n) is 13.1. The summed E-state index contributed by atoms with van der Waals surface area (Å²) in [6, 6.07) is 5.28. The van der Waals surface area contributed by atoms with E-state index in [0.29, 0.717) is 11.4 Å². The molecule has 0 aliphatic carbocycles. The minimum absolute atomic E-state index is 0.335. The first-order chi connectivity index (χ1) is 9.28. The highest BCUT2D eigenvalue weighted by molar-refractivity contribution is 7.89. The van der Waals surface area contributed by atoms with Crippen molar-refractivity contribution in [2.45, 2.75) is 57.5 Å². The summed E-state index contributed by atoms with van der Waals surface area (Å²) in [4.78, 5) is 0.335. The zero-order chi connectivity index (χ0) is 15.4. The van der Waals surface area contributed by atoms with E-state index in [9.17, 15) is 8.42 Å². The van der Waals surface area contributed by atoms with Gasteiger partial charge in [0.25, 0.3) is 0 Å². The van der Waals surface area contributed by atoms with Crippen LogP contribution in [-0.2, 0) is 16.6 Å². The fourth-order valence-electron chi connectivity index (χ4n) is 1.97. The summed E-state index contributed by atoms with van der Waals surface area (Å²) in [6.07, 6.45) is 1.52. The summed E-state index contributed by atoms with van der Waals surface area (Å²) >= 11 is 0.